The van der Waals surface area contributed by atoms with Crippen molar-refractivity contribution in [1.82, 2.24) is 0 Å². The van der Waals surface area contributed by atoms with Crippen LogP contribution in [0.2, 0.25) is 0 Å². The molecule has 1 unspecified atom stereocenters. The van der Waals surface area contributed by atoms with Gasteiger partial charge in [0.1, 0.15) is 5.75 Å². The molecular weight excluding hydrogens is 330 g/mol. The molecule has 0 saturated carbocycles. The molecule has 0 aliphatic carbocycles. The van der Waals surface area contributed by atoms with Gasteiger partial charge in [-0.25, -0.2) is 0 Å². The molecule has 0 heterocycles. The SMILES string of the molecule is CC(C)Oc1ccc(NCC(O)c2cccc(Br)c2)cc1. The van der Waals surface area contributed by atoms with E-state index < -0.39 is 6.10 Å². The Kier molecular flexibility index (Phi) is 5.65. The first-order chi connectivity index (χ1) is 10.0. The Hall–Kier alpha value is -1.52. The predicted molar refractivity (Wildman–Crippen MR) is 89.8 cm³/mol. The van der Waals surface area contributed by atoms with Crippen LogP contribution in [0.25, 0.3) is 0 Å². The zero-order valence-corrected chi connectivity index (χ0v) is 13.8. The molecule has 0 aliphatic rings. The van der Waals surface area contributed by atoms with Gasteiger partial charge < -0.3 is 15.2 Å². The summed E-state index contributed by atoms with van der Waals surface area (Å²) >= 11 is 3.41. The fourth-order valence-electron chi connectivity index (χ4n) is 1.97. The van der Waals surface area contributed by atoms with Crippen molar-refractivity contribution in [2.24, 2.45) is 0 Å². The van der Waals surface area contributed by atoms with E-state index in [1.54, 1.807) is 0 Å². The van der Waals surface area contributed by atoms with E-state index >= 15 is 0 Å². The molecule has 4 heteroatoms. The molecule has 112 valence electrons. The van der Waals surface area contributed by atoms with Crippen molar-refractivity contribution in [3.05, 3.63) is 58.6 Å². The first kappa shape index (κ1) is 15.9. The molecule has 21 heavy (non-hydrogen) atoms. The first-order valence-corrected chi connectivity index (χ1v) is 7.78. The molecule has 0 bridgehead atoms. The lowest BCUT2D eigenvalue weighted by atomic mass is 10.1. The van der Waals surface area contributed by atoms with Crippen LogP contribution >= 0.6 is 15.9 Å². The lowest BCUT2D eigenvalue weighted by Crippen LogP contribution is -2.12. The van der Waals surface area contributed by atoms with Crippen molar-refractivity contribution >= 4 is 21.6 Å². The van der Waals surface area contributed by atoms with E-state index in [1.807, 2.05) is 62.4 Å². The van der Waals surface area contributed by atoms with Crippen LogP contribution in [0.5, 0.6) is 5.75 Å². The number of anilines is 1. The van der Waals surface area contributed by atoms with Crippen LogP contribution in [-0.2, 0) is 0 Å². The summed E-state index contributed by atoms with van der Waals surface area (Å²) in [4.78, 5) is 0. The third kappa shape index (κ3) is 5.06. The molecule has 2 rings (SSSR count). The van der Waals surface area contributed by atoms with Gasteiger partial charge >= 0.3 is 0 Å². The fraction of sp³-hybridized carbons (Fsp3) is 0.294. The molecule has 2 aromatic carbocycles. The smallest absolute Gasteiger partial charge is 0.119 e. The minimum Gasteiger partial charge on any atom is -0.491 e. The van der Waals surface area contributed by atoms with E-state index in [-0.39, 0.29) is 6.10 Å². The van der Waals surface area contributed by atoms with Crippen LogP contribution in [0.3, 0.4) is 0 Å². The van der Waals surface area contributed by atoms with Gasteiger partial charge in [-0.05, 0) is 55.8 Å². The summed E-state index contributed by atoms with van der Waals surface area (Å²) in [6.45, 7) is 4.46. The van der Waals surface area contributed by atoms with Gasteiger partial charge in [0.05, 0.1) is 12.2 Å². The van der Waals surface area contributed by atoms with Gasteiger partial charge in [-0.15, -0.1) is 0 Å². The lowest BCUT2D eigenvalue weighted by Gasteiger charge is -2.14. The summed E-state index contributed by atoms with van der Waals surface area (Å²) < 4.78 is 6.56. The number of aliphatic hydroxyl groups is 1. The highest BCUT2D eigenvalue weighted by Crippen LogP contribution is 2.20. The van der Waals surface area contributed by atoms with E-state index in [9.17, 15) is 5.11 Å². The second-order valence-electron chi connectivity index (χ2n) is 5.14. The number of hydrogen-bond acceptors (Lipinski definition) is 3. The van der Waals surface area contributed by atoms with Crippen LogP contribution in [-0.4, -0.2) is 17.8 Å². The van der Waals surface area contributed by atoms with Crippen LogP contribution < -0.4 is 10.1 Å². The summed E-state index contributed by atoms with van der Waals surface area (Å²) in [6.07, 6.45) is -0.378. The van der Waals surface area contributed by atoms with E-state index in [1.165, 1.54) is 0 Å². The number of aliphatic hydroxyl groups excluding tert-OH is 1. The Balaban J connectivity index is 1.90. The van der Waals surface area contributed by atoms with Gasteiger partial charge in [0.2, 0.25) is 0 Å². The maximum Gasteiger partial charge on any atom is 0.119 e. The van der Waals surface area contributed by atoms with E-state index in [2.05, 4.69) is 21.2 Å². The second-order valence-corrected chi connectivity index (χ2v) is 6.06. The Labute approximate surface area is 134 Å². The Morgan fingerprint density at radius 3 is 2.48 bits per heavy atom. The average Bonchev–Trinajstić information content (AvgIpc) is 2.45. The first-order valence-electron chi connectivity index (χ1n) is 6.98. The van der Waals surface area contributed by atoms with E-state index in [0.29, 0.717) is 6.54 Å². The second kappa shape index (κ2) is 7.48. The topological polar surface area (TPSA) is 41.5 Å². The minimum absolute atomic E-state index is 0.169. The van der Waals surface area contributed by atoms with Crippen molar-refractivity contribution in [3.63, 3.8) is 0 Å². The predicted octanol–water partition coefficient (Wildman–Crippen LogP) is 4.38. The summed E-state index contributed by atoms with van der Waals surface area (Å²) in [7, 11) is 0. The van der Waals surface area contributed by atoms with E-state index in [4.69, 9.17) is 4.74 Å². The molecule has 0 fully saturated rings. The largest absolute Gasteiger partial charge is 0.491 e. The van der Waals surface area contributed by atoms with Crippen molar-refractivity contribution in [1.29, 1.82) is 0 Å². The monoisotopic (exact) mass is 349 g/mol. The molecule has 0 saturated heterocycles. The highest BCUT2D eigenvalue weighted by Gasteiger charge is 2.07. The molecule has 1 atom stereocenters. The standard InChI is InChI=1S/C17H20BrNO2/c1-12(2)21-16-8-6-15(7-9-16)19-11-17(20)13-4-3-5-14(18)10-13/h3-10,12,17,19-20H,11H2,1-2H3. The molecule has 3 nitrogen and oxygen atoms in total. The fourth-order valence-corrected chi connectivity index (χ4v) is 2.39. The van der Waals surface area contributed by atoms with Crippen molar-refractivity contribution in [3.8, 4) is 5.75 Å². The number of halogens is 1. The number of nitrogens with one attached hydrogen (secondary N) is 1. The molecule has 0 spiro atoms. The number of benzene rings is 2. The quantitative estimate of drug-likeness (QED) is 0.812. The zero-order chi connectivity index (χ0) is 15.2. The minimum atomic E-state index is -0.547. The zero-order valence-electron chi connectivity index (χ0n) is 12.2. The van der Waals surface area contributed by atoms with Crippen molar-refractivity contribution < 1.29 is 9.84 Å². The van der Waals surface area contributed by atoms with Gasteiger partial charge in [0.15, 0.2) is 0 Å². The highest BCUT2D eigenvalue weighted by atomic mass is 79.9. The van der Waals surface area contributed by atoms with Crippen LogP contribution in [0, 0.1) is 0 Å². The Morgan fingerprint density at radius 2 is 1.86 bits per heavy atom. The summed E-state index contributed by atoms with van der Waals surface area (Å²) in [5.74, 6) is 0.850. The van der Waals surface area contributed by atoms with E-state index in [0.717, 1.165) is 21.5 Å². The summed E-state index contributed by atoms with van der Waals surface area (Å²) in [5.41, 5.74) is 1.84. The molecule has 0 radical (unpaired) electrons. The maximum atomic E-state index is 10.2. The van der Waals surface area contributed by atoms with Crippen LogP contribution in [0.4, 0.5) is 5.69 Å². The molecule has 2 N–H and O–H groups in total. The third-order valence-corrected chi connectivity index (χ3v) is 3.45. The van der Waals surface area contributed by atoms with Gasteiger partial charge in [0.25, 0.3) is 0 Å². The maximum absolute atomic E-state index is 10.2. The van der Waals surface area contributed by atoms with Gasteiger partial charge in [-0.1, -0.05) is 28.1 Å². The summed E-state index contributed by atoms with van der Waals surface area (Å²) in [6, 6.07) is 15.4. The van der Waals surface area contributed by atoms with Crippen molar-refractivity contribution in [2.45, 2.75) is 26.1 Å². The lowest BCUT2D eigenvalue weighted by molar-refractivity contribution is 0.191. The molecule has 2 aromatic rings. The van der Waals surface area contributed by atoms with Crippen LogP contribution in [0.1, 0.15) is 25.5 Å². The average molecular weight is 350 g/mol. The third-order valence-electron chi connectivity index (χ3n) is 2.96. The van der Waals surface area contributed by atoms with Gasteiger partial charge in [-0.3, -0.25) is 0 Å². The molecule has 0 aliphatic heterocycles. The highest BCUT2D eigenvalue weighted by molar-refractivity contribution is 9.10. The molecular formula is C17H20BrNO2. The Morgan fingerprint density at radius 1 is 1.14 bits per heavy atom. The van der Waals surface area contributed by atoms with Gasteiger partial charge in [0, 0.05) is 16.7 Å². The Bertz CT molecular complexity index is 569. The van der Waals surface area contributed by atoms with Crippen molar-refractivity contribution in [2.75, 3.05) is 11.9 Å². The van der Waals surface area contributed by atoms with Gasteiger partial charge in [-0.2, -0.15) is 0 Å². The van der Waals surface area contributed by atoms with Crippen LogP contribution in [0.15, 0.2) is 53.0 Å². The molecule has 0 amide bonds. The number of rotatable bonds is 6. The molecule has 0 aromatic heterocycles. The normalized spacial score (nSPS) is 12.2. The number of hydrogen-bond donors (Lipinski definition) is 2. The summed E-state index contributed by atoms with van der Waals surface area (Å²) in [5, 5.41) is 13.4. The number of ether oxygens (including phenoxy) is 1.